The lowest BCUT2D eigenvalue weighted by molar-refractivity contribution is -0.121. The Morgan fingerprint density at radius 3 is 3.00 bits per heavy atom. The third-order valence-electron chi connectivity index (χ3n) is 3.26. The van der Waals surface area contributed by atoms with Crippen LogP contribution in [0.25, 0.3) is 0 Å². The van der Waals surface area contributed by atoms with Crippen molar-refractivity contribution in [1.29, 1.82) is 0 Å². The average molecular weight is 261 g/mol. The second-order valence-corrected chi connectivity index (χ2v) is 4.77. The highest BCUT2D eigenvalue weighted by atomic mass is 16.2. The van der Waals surface area contributed by atoms with Crippen molar-refractivity contribution < 1.29 is 4.79 Å². The molecule has 0 atom stereocenters. The van der Waals surface area contributed by atoms with Crippen LogP contribution in [0.2, 0.25) is 0 Å². The first-order valence-electron chi connectivity index (χ1n) is 6.68. The zero-order valence-corrected chi connectivity index (χ0v) is 11.0. The van der Waals surface area contributed by atoms with Gasteiger partial charge in [0.2, 0.25) is 5.91 Å². The first-order valence-corrected chi connectivity index (χ1v) is 6.68. The number of carbonyl (C=O) groups is 1. The van der Waals surface area contributed by atoms with E-state index in [1.54, 1.807) is 12.1 Å². The molecule has 2 rings (SSSR count). The van der Waals surface area contributed by atoms with E-state index in [1.165, 1.54) is 11.1 Å². The van der Waals surface area contributed by atoms with Gasteiger partial charge in [-0.3, -0.25) is 9.59 Å². The van der Waals surface area contributed by atoms with Crippen LogP contribution in [0.15, 0.2) is 23.5 Å². The lowest BCUT2D eigenvalue weighted by Crippen LogP contribution is -2.34. The van der Waals surface area contributed by atoms with Gasteiger partial charge in [-0.25, -0.2) is 4.68 Å². The summed E-state index contributed by atoms with van der Waals surface area (Å²) >= 11 is 0. The summed E-state index contributed by atoms with van der Waals surface area (Å²) in [6, 6.07) is 1.63. The van der Waals surface area contributed by atoms with Gasteiger partial charge in [0.1, 0.15) is 6.54 Å². The first kappa shape index (κ1) is 13.5. The minimum atomic E-state index is -0.219. The van der Waals surface area contributed by atoms with Crippen LogP contribution in [0, 0.1) is 0 Å². The van der Waals surface area contributed by atoms with E-state index in [-0.39, 0.29) is 18.0 Å². The lowest BCUT2D eigenvalue weighted by Gasteiger charge is -2.09. The predicted molar refractivity (Wildman–Crippen MR) is 73.0 cm³/mol. The van der Waals surface area contributed by atoms with E-state index in [0.717, 1.165) is 36.9 Å². The molecule has 0 radical (unpaired) electrons. The van der Waals surface area contributed by atoms with Gasteiger partial charge in [-0.1, -0.05) is 12.5 Å². The van der Waals surface area contributed by atoms with Crippen LogP contribution < -0.4 is 10.9 Å². The SMILES string of the molecule is C=CCNC(=O)Cn1nc2c(cc1=O)CCCCC2. The molecule has 1 aliphatic rings. The molecule has 0 unspecified atom stereocenters. The zero-order chi connectivity index (χ0) is 13.7. The van der Waals surface area contributed by atoms with Crippen molar-refractivity contribution in [1.82, 2.24) is 15.1 Å². The van der Waals surface area contributed by atoms with Gasteiger partial charge < -0.3 is 5.32 Å². The van der Waals surface area contributed by atoms with E-state index >= 15 is 0 Å². The predicted octanol–water partition coefficient (Wildman–Crippen LogP) is 0.814. The van der Waals surface area contributed by atoms with E-state index in [0.29, 0.717) is 6.54 Å². The molecule has 0 bridgehead atoms. The summed E-state index contributed by atoms with van der Waals surface area (Å²) in [4.78, 5) is 23.5. The highest BCUT2D eigenvalue weighted by molar-refractivity contribution is 5.75. The Balaban J connectivity index is 2.17. The quantitative estimate of drug-likeness (QED) is 0.644. The Morgan fingerprint density at radius 2 is 2.21 bits per heavy atom. The fourth-order valence-electron chi connectivity index (χ4n) is 2.27. The average Bonchev–Trinajstić information content (AvgIpc) is 2.62. The van der Waals surface area contributed by atoms with Gasteiger partial charge in [0.05, 0.1) is 5.69 Å². The van der Waals surface area contributed by atoms with E-state index in [9.17, 15) is 9.59 Å². The second-order valence-electron chi connectivity index (χ2n) is 4.77. The van der Waals surface area contributed by atoms with E-state index < -0.39 is 0 Å². The molecule has 5 heteroatoms. The van der Waals surface area contributed by atoms with Crippen LogP contribution in [0.5, 0.6) is 0 Å². The number of carbonyl (C=O) groups excluding carboxylic acids is 1. The molecular formula is C14H19N3O2. The Labute approximate surface area is 112 Å². The molecule has 1 amide bonds. The number of hydrogen-bond donors (Lipinski definition) is 1. The molecule has 102 valence electrons. The van der Waals surface area contributed by atoms with Crippen LogP contribution in [0.4, 0.5) is 0 Å². The summed E-state index contributed by atoms with van der Waals surface area (Å²) in [5.41, 5.74) is 1.81. The zero-order valence-electron chi connectivity index (χ0n) is 11.0. The van der Waals surface area contributed by atoms with Crippen molar-refractivity contribution in [3.05, 3.63) is 40.3 Å². The summed E-state index contributed by atoms with van der Waals surface area (Å²) in [7, 11) is 0. The molecule has 0 saturated heterocycles. The number of nitrogens with one attached hydrogen (secondary N) is 1. The fourth-order valence-corrected chi connectivity index (χ4v) is 2.27. The van der Waals surface area contributed by atoms with Crippen molar-refractivity contribution in [3.63, 3.8) is 0 Å². The van der Waals surface area contributed by atoms with Gasteiger partial charge >= 0.3 is 0 Å². The van der Waals surface area contributed by atoms with Gasteiger partial charge in [-0.2, -0.15) is 5.10 Å². The number of aromatic nitrogens is 2. The molecule has 0 aromatic carbocycles. The standard InChI is InChI=1S/C14H19N3O2/c1-2-8-15-13(18)10-17-14(19)9-11-6-4-3-5-7-12(11)16-17/h2,9H,1,3-8,10H2,(H,15,18). The van der Waals surface area contributed by atoms with Gasteiger partial charge in [0, 0.05) is 12.6 Å². The minimum Gasteiger partial charge on any atom is -0.351 e. The molecule has 1 N–H and O–H groups in total. The molecule has 1 aliphatic carbocycles. The monoisotopic (exact) mass is 261 g/mol. The van der Waals surface area contributed by atoms with Gasteiger partial charge in [0.25, 0.3) is 5.56 Å². The Morgan fingerprint density at radius 1 is 1.42 bits per heavy atom. The van der Waals surface area contributed by atoms with Gasteiger partial charge in [0.15, 0.2) is 0 Å². The molecule has 0 aliphatic heterocycles. The molecule has 5 nitrogen and oxygen atoms in total. The lowest BCUT2D eigenvalue weighted by atomic mass is 10.1. The highest BCUT2D eigenvalue weighted by Gasteiger charge is 2.13. The van der Waals surface area contributed by atoms with Crippen LogP contribution >= 0.6 is 0 Å². The third-order valence-corrected chi connectivity index (χ3v) is 3.26. The Hall–Kier alpha value is -1.91. The molecule has 1 aromatic rings. The maximum atomic E-state index is 11.9. The number of hydrogen-bond acceptors (Lipinski definition) is 3. The summed E-state index contributed by atoms with van der Waals surface area (Å²) < 4.78 is 1.25. The van der Waals surface area contributed by atoms with Crippen LogP contribution in [0.3, 0.4) is 0 Å². The largest absolute Gasteiger partial charge is 0.351 e. The second kappa shape index (κ2) is 6.31. The van der Waals surface area contributed by atoms with Crippen molar-refractivity contribution in [2.75, 3.05) is 6.54 Å². The van der Waals surface area contributed by atoms with Gasteiger partial charge in [-0.05, 0) is 31.2 Å². The number of rotatable bonds is 4. The van der Waals surface area contributed by atoms with Crippen LogP contribution in [-0.2, 0) is 24.2 Å². The summed E-state index contributed by atoms with van der Waals surface area (Å²) in [6.07, 6.45) is 6.79. The molecular weight excluding hydrogens is 242 g/mol. The van der Waals surface area contributed by atoms with Crippen LogP contribution in [-0.4, -0.2) is 22.2 Å². The van der Waals surface area contributed by atoms with Gasteiger partial charge in [-0.15, -0.1) is 6.58 Å². The first-order chi connectivity index (χ1) is 9.20. The smallest absolute Gasteiger partial charge is 0.267 e. The van der Waals surface area contributed by atoms with Crippen molar-refractivity contribution >= 4 is 5.91 Å². The fraction of sp³-hybridized carbons (Fsp3) is 0.500. The minimum absolute atomic E-state index is 0.0278. The van der Waals surface area contributed by atoms with E-state index in [2.05, 4.69) is 17.0 Å². The molecule has 0 saturated carbocycles. The van der Waals surface area contributed by atoms with Crippen LogP contribution in [0.1, 0.15) is 30.5 Å². The summed E-state index contributed by atoms with van der Waals surface area (Å²) in [5, 5.41) is 6.98. The number of nitrogens with zero attached hydrogens (tertiary/aromatic N) is 2. The summed E-state index contributed by atoms with van der Waals surface area (Å²) in [6.45, 7) is 3.90. The van der Waals surface area contributed by atoms with Crippen molar-refractivity contribution in [3.8, 4) is 0 Å². The summed E-state index contributed by atoms with van der Waals surface area (Å²) in [5.74, 6) is -0.219. The van der Waals surface area contributed by atoms with E-state index in [1.807, 2.05) is 0 Å². The maximum absolute atomic E-state index is 11.9. The number of amides is 1. The molecule has 1 heterocycles. The third kappa shape index (κ3) is 3.53. The molecule has 1 aromatic heterocycles. The van der Waals surface area contributed by atoms with Crippen molar-refractivity contribution in [2.24, 2.45) is 0 Å². The topological polar surface area (TPSA) is 64.0 Å². The maximum Gasteiger partial charge on any atom is 0.267 e. The van der Waals surface area contributed by atoms with Crippen molar-refractivity contribution in [2.45, 2.75) is 38.6 Å². The van der Waals surface area contributed by atoms with E-state index in [4.69, 9.17) is 0 Å². The number of fused-ring (bicyclic) bond motifs is 1. The normalized spacial score (nSPS) is 14.3. The highest BCUT2D eigenvalue weighted by Crippen LogP contribution is 2.16. The molecule has 19 heavy (non-hydrogen) atoms. The Bertz CT molecular complexity index is 534. The molecule has 0 spiro atoms. The Kier molecular flexibility index (Phi) is 4.49. The number of aryl methyl sites for hydroxylation is 2. The molecule has 0 fully saturated rings.